The molecule has 0 aliphatic rings. The van der Waals surface area contributed by atoms with Crippen LogP contribution in [0.5, 0.6) is 0 Å². The number of hydrogen-bond acceptors (Lipinski definition) is 3. The van der Waals surface area contributed by atoms with Crippen molar-refractivity contribution in [1.82, 2.24) is 14.8 Å². The molecule has 6 heteroatoms. The molecule has 0 spiro atoms. The Bertz CT molecular complexity index is 468. The number of nitrogens with two attached hydrogens (primary N) is 1. The molecule has 0 atom stereocenters. The van der Waals surface area contributed by atoms with E-state index in [1.807, 2.05) is 0 Å². The quantitative estimate of drug-likeness (QED) is 0.867. The summed E-state index contributed by atoms with van der Waals surface area (Å²) >= 11 is 9.11. The number of anilines is 1. The lowest BCUT2D eigenvalue weighted by Gasteiger charge is -2.02. The van der Waals surface area contributed by atoms with Crippen LogP contribution in [0.4, 0.5) is 5.82 Å². The van der Waals surface area contributed by atoms with Crippen molar-refractivity contribution in [1.29, 1.82) is 0 Å². The minimum Gasteiger partial charge on any atom is -0.382 e. The summed E-state index contributed by atoms with van der Waals surface area (Å²) in [5.74, 6) is 1.11. The number of nitrogen functional groups attached to an aromatic ring is 1. The number of pyridine rings is 1. The normalized spacial score (nSPS) is 10.4. The molecule has 2 rings (SSSR count). The SMILES string of the molecule is Nc1ccn(-c2ncc(Cl)cc2Br)n1. The lowest BCUT2D eigenvalue weighted by Crippen LogP contribution is -2.00. The molecule has 0 aliphatic carbocycles. The van der Waals surface area contributed by atoms with E-state index in [2.05, 4.69) is 26.0 Å². The van der Waals surface area contributed by atoms with E-state index in [1.165, 1.54) is 0 Å². The highest BCUT2D eigenvalue weighted by Crippen LogP contribution is 2.21. The average Bonchev–Trinajstić information content (AvgIpc) is 2.51. The van der Waals surface area contributed by atoms with E-state index in [4.69, 9.17) is 17.3 Å². The molecule has 0 saturated heterocycles. The minimum atomic E-state index is 0.452. The van der Waals surface area contributed by atoms with Gasteiger partial charge in [-0.1, -0.05) is 11.6 Å². The van der Waals surface area contributed by atoms with Crippen molar-refractivity contribution in [3.63, 3.8) is 0 Å². The molecule has 2 N–H and O–H groups in total. The molecular formula is C8H6BrClN4. The van der Waals surface area contributed by atoms with Crippen molar-refractivity contribution in [2.24, 2.45) is 0 Å². The van der Waals surface area contributed by atoms with Crippen molar-refractivity contribution < 1.29 is 0 Å². The highest BCUT2D eigenvalue weighted by Gasteiger charge is 2.05. The van der Waals surface area contributed by atoms with Gasteiger partial charge in [-0.05, 0) is 22.0 Å². The van der Waals surface area contributed by atoms with Crippen LogP contribution in [-0.4, -0.2) is 14.8 Å². The molecule has 0 unspecified atom stereocenters. The van der Waals surface area contributed by atoms with Crippen LogP contribution in [0, 0.1) is 0 Å². The molecule has 0 aromatic carbocycles. The molecule has 14 heavy (non-hydrogen) atoms. The largest absolute Gasteiger partial charge is 0.382 e. The fourth-order valence-corrected chi connectivity index (χ4v) is 1.85. The lowest BCUT2D eigenvalue weighted by molar-refractivity contribution is 0.846. The molecule has 0 fully saturated rings. The molecule has 72 valence electrons. The topological polar surface area (TPSA) is 56.7 Å². The van der Waals surface area contributed by atoms with Gasteiger partial charge in [0.05, 0.1) is 9.50 Å². The first kappa shape index (κ1) is 9.48. The van der Waals surface area contributed by atoms with Crippen molar-refractivity contribution in [3.8, 4) is 5.82 Å². The first-order valence-corrected chi connectivity index (χ1v) is 4.96. The van der Waals surface area contributed by atoms with Gasteiger partial charge in [-0.3, -0.25) is 0 Å². The Morgan fingerprint density at radius 3 is 2.86 bits per heavy atom. The maximum absolute atomic E-state index is 5.76. The zero-order chi connectivity index (χ0) is 10.1. The van der Waals surface area contributed by atoms with Gasteiger partial charge in [0.1, 0.15) is 5.82 Å². The van der Waals surface area contributed by atoms with Crippen LogP contribution in [0.25, 0.3) is 5.82 Å². The van der Waals surface area contributed by atoms with Gasteiger partial charge < -0.3 is 5.73 Å². The van der Waals surface area contributed by atoms with Gasteiger partial charge in [0.25, 0.3) is 0 Å². The van der Waals surface area contributed by atoms with Crippen LogP contribution >= 0.6 is 27.5 Å². The Labute approximate surface area is 93.8 Å². The second-order valence-corrected chi connectivity index (χ2v) is 3.93. The molecule has 0 saturated carbocycles. The molecule has 0 radical (unpaired) electrons. The third-order valence-corrected chi connectivity index (χ3v) is 2.41. The van der Waals surface area contributed by atoms with Gasteiger partial charge in [-0.15, -0.1) is 5.10 Å². The first-order valence-electron chi connectivity index (χ1n) is 3.79. The van der Waals surface area contributed by atoms with E-state index < -0.39 is 0 Å². The van der Waals surface area contributed by atoms with Crippen molar-refractivity contribution in [2.45, 2.75) is 0 Å². The van der Waals surface area contributed by atoms with E-state index in [1.54, 1.807) is 29.2 Å². The number of halogens is 2. The Hall–Kier alpha value is -1.07. The number of nitrogens with zero attached hydrogens (tertiary/aromatic N) is 3. The van der Waals surface area contributed by atoms with E-state index in [0.29, 0.717) is 16.7 Å². The van der Waals surface area contributed by atoms with Gasteiger partial charge in [0.2, 0.25) is 0 Å². The summed E-state index contributed by atoms with van der Waals surface area (Å²) in [6.07, 6.45) is 3.29. The first-order chi connectivity index (χ1) is 6.66. The lowest BCUT2D eigenvalue weighted by atomic mass is 10.4. The standard InChI is InChI=1S/C8H6BrClN4/c9-6-3-5(10)4-12-8(6)14-2-1-7(11)13-14/h1-4H,(H2,11,13). The molecule has 2 aromatic heterocycles. The van der Waals surface area contributed by atoms with Crippen molar-refractivity contribution in [3.05, 3.63) is 34.0 Å². The van der Waals surface area contributed by atoms with Crippen LogP contribution in [0.1, 0.15) is 0 Å². The Balaban J connectivity index is 2.52. The van der Waals surface area contributed by atoms with Gasteiger partial charge in [0.15, 0.2) is 5.82 Å². The third kappa shape index (κ3) is 1.73. The van der Waals surface area contributed by atoms with Crippen LogP contribution in [0.2, 0.25) is 5.02 Å². The highest BCUT2D eigenvalue weighted by atomic mass is 79.9. The van der Waals surface area contributed by atoms with Crippen LogP contribution in [0.15, 0.2) is 29.0 Å². The number of hydrogen-bond donors (Lipinski definition) is 1. The average molecular weight is 274 g/mol. The second kappa shape index (κ2) is 3.59. The smallest absolute Gasteiger partial charge is 0.167 e. The summed E-state index contributed by atoms with van der Waals surface area (Å²) in [4.78, 5) is 4.13. The van der Waals surface area contributed by atoms with E-state index in [-0.39, 0.29) is 0 Å². The highest BCUT2D eigenvalue weighted by molar-refractivity contribution is 9.10. The fraction of sp³-hybridized carbons (Fsp3) is 0. The Morgan fingerprint density at radius 2 is 2.29 bits per heavy atom. The number of rotatable bonds is 1. The maximum atomic E-state index is 5.76. The summed E-state index contributed by atoms with van der Waals surface area (Å²) in [5, 5.41) is 4.60. The van der Waals surface area contributed by atoms with E-state index >= 15 is 0 Å². The van der Waals surface area contributed by atoms with Gasteiger partial charge in [0, 0.05) is 18.5 Å². The molecule has 0 bridgehead atoms. The zero-order valence-electron chi connectivity index (χ0n) is 6.98. The summed E-state index contributed by atoms with van der Waals surface area (Å²) in [5.41, 5.74) is 5.49. The molecular weight excluding hydrogens is 267 g/mol. The molecule has 0 amide bonds. The van der Waals surface area contributed by atoms with Crippen molar-refractivity contribution >= 4 is 33.3 Å². The summed E-state index contributed by atoms with van der Waals surface area (Å²) in [6, 6.07) is 3.45. The van der Waals surface area contributed by atoms with Crippen molar-refractivity contribution in [2.75, 3.05) is 5.73 Å². The minimum absolute atomic E-state index is 0.452. The second-order valence-electron chi connectivity index (χ2n) is 2.64. The maximum Gasteiger partial charge on any atom is 0.167 e. The van der Waals surface area contributed by atoms with Gasteiger partial charge in [-0.2, -0.15) is 0 Å². The summed E-state index contributed by atoms with van der Waals surface area (Å²) < 4.78 is 2.35. The number of aromatic nitrogens is 3. The van der Waals surface area contributed by atoms with Crippen LogP contribution in [-0.2, 0) is 0 Å². The van der Waals surface area contributed by atoms with Gasteiger partial charge in [-0.25, -0.2) is 9.67 Å². The monoisotopic (exact) mass is 272 g/mol. The third-order valence-electron chi connectivity index (χ3n) is 1.62. The Morgan fingerprint density at radius 1 is 1.50 bits per heavy atom. The predicted octanol–water partition coefficient (Wildman–Crippen LogP) is 2.27. The molecule has 4 nitrogen and oxygen atoms in total. The van der Waals surface area contributed by atoms with E-state index in [9.17, 15) is 0 Å². The molecule has 2 aromatic rings. The fourth-order valence-electron chi connectivity index (χ4n) is 1.03. The Kier molecular flexibility index (Phi) is 2.43. The summed E-state index contributed by atoms with van der Waals surface area (Å²) in [7, 11) is 0. The van der Waals surface area contributed by atoms with Crippen LogP contribution < -0.4 is 5.73 Å². The predicted molar refractivity (Wildman–Crippen MR) is 58.5 cm³/mol. The summed E-state index contributed by atoms with van der Waals surface area (Å²) in [6.45, 7) is 0. The molecule has 0 aliphatic heterocycles. The molecule has 2 heterocycles. The van der Waals surface area contributed by atoms with Gasteiger partial charge >= 0.3 is 0 Å². The zero-order valence-corrected chi connectivity index (χ0v) is 9.33. The van der Waals surface area contributed by atoms with E-state index in [0.717, 1.165) is 4.47 Å². The van der Waals surface area contributed by atoms with Crippen LogP contribution in [0.3, 0.4) is 0 Å².